The second-order valence-corrected chi connectivity index (χ2v) is 4.17. The number of phenols is 1. The van der Waals surface area contributed by atoms with Crippen molar-refractivity contribution in [1.82, 2.24) is 10.6 Å². The minimum absolute atomic E-state index is 0.327. The lowest BCUT2D eigenvalue weighted by Crippen LogP contribution is -2.41. The Morgan fingerprint density at radius 1 is 1.50 bits per heavy atom. The molecule has 1 unspecified atom stereocenters. The molecule has 1 aromatic carbocycles. The molecule has 0 heterocycles. The van der Waals surface area contributed by atoms with Gasteiger partial charge in [0.1, 0.15) is 0 Å². The summed E-state index contributed by atoms with van der Waals surface area (Å²) in [5, 5.41) is 15.4. The van der Waals surface area contributed by atoms with Crippen LogP contribution in [0.15, 0.2) is 23.2 Å². The minimum atomic E-state index is -0.612. The monoisotopic (exact) mass is 253 g/mol. The van der Waals surface area contributed by atoms with E-state index < -0.39 is 5.82 Å². The molecule has 0 saturated carbocycles. The van der Waals surface area contributed by atoms with Crippen LogP contribution in [0, 0.1) is 5.82 Å². The third-order valence-corrected chi connectivity index (χ3v) is 2.69. The highest BCUT2D eigenvalue weighted by Crippen LogP contribution is 2.15. The van der Waals surface area contributed by atoms with Gasteiger partial charge in [0.05, 0.1) is 0 Å². The summed E-state index contributed by atoms with van der Waals surface area (Å²) >= 11 is 0. The van der Waals surface area contributed by atoms with Gasteiger partial charge in [0.15, 0.2) is 17.5 Å². The molecule has 0 bridgehead atoms. The zero-order valence-electron chi connectivity index (χ0n) is 11.0. The number of hydrogen-bond acceptors (Lipinski definition) is 2. The third kappa shape index (κ3) is 4.24. The van der Waals surface area contributed by atoms with Crippen molar-refractivity contribution in [1.29, 1.82) is 0 Å². The third-order valence-electron chi connectivity index (χ3n) is 2.69. The Balaban J connectivity index is 2.55. The first-order valence-corrected chi connectivity index (χ1v) is 6.01. The van der Waals surface area contributed by atoms with Crippen molar-refractivity contribution in [3.05, 3.63) is 29.6 Å². The van der Waals surface area contributed by atoms with Crippen LogP contribution in [0.5, 0.6) is 5.75 Å². The van der Waals surface area contributed by atoms with E-state index in [9.17, 15) is 4.39 Å². The van der Waals surface area contributed by atoms with Crippen molar-refractivity contribution in [3.63, 3.8) is 0 Å². The van der Waals surface area contributed by atoms with Gasteiger partial charge in [-0.15, -0.1) is 0 Å². The maximum Gasteiger partial charge on any atom is 0.191 e. The molecule has 0 aliphatic rings. The summed E-state index contributed by atoms with van der Waals surface area (Å²) in [6.45, 7) is 4.60. The summed E-state index contributed by atoms with van der Waals surface area (Å²) in [5.74, 6) is -0.266. The van der Waals surface area contributed by atoms with Crippen molar-refractivity contribution in [2.75, 3.05) is 7.05 Å². The zero-order valence-corrected chi connectivity index (χ0v) is 11.0. The molecule has 1 aromatic rings. The van der Waals surface area contributed by atoms with Crippen LogP contribution in [0.25, 0.3) is 0 Å². The number of aliphatic imine (C=N–C) groups is 1. The highest BCUT2D eigenvalue weighted by Gasteiger charge is 2.04. The fraction of sp³-hybridized carbons (Fsp3) is 0.462. The van der Waals surface area contributed by atoms with Crippen molar-refractivity contribution < 1.29 is 9.50 Å². The number of guanidine groups is 1. The Morgan fingerprint density at radius 2 is 2.22 bits per heavy atom. The van der Waals surface area contributed by atoms with E-state index >= 15 is 0 Å². The second-order valence-electron chi connectivity index (χ2n) is 4.17. The van der Waals surface area contributed by atoms with Crippen LogP contribution in [0.4, 0.5) is 4.39 Å². The predicted octanol–water partition coefficient (Wildman–Crippen LogP) is 1.99. The van der Waals surface area contributed by atoms with Crippen molar-refractivity contribution in [2.45, 2.75) is 32.9 Å². The van der Waals surface area contributed by atoms with E-state index in [0.29, 0.717) is 18.5 Å². The van der Waals surface area contributed by atoms with Gasteiger partial charge in [-0.25, -0.2) is 4.39 Å². The van der Waals surface area contributed by atoms with E-state index in [-0.39, 0.29) is 5.75 Å². The highest BCUT2D eigenvalue weighted by atomic mass is 19.1. The lowest BCUT2D eigenvalue weighted by molar-refractivity contribution is 0.431. The summed E-state index contributed by atoms with van der Waals surface area (Å²) in [6, 6.07) is 4.64. The molecule has 5 heteroatoms. The van der Waals surface area contributed by atoms with Crippen LogP contribution in [0.3, 0.4) is 0 Å². The van der Waals surface area contributed by atoms with Crippen LogP contribution in [-0.4, -0.2) is 24.2 Å². The summed E-state index contributed by atoms with van der Waals surface area (Å²) in [4.78, 5) is 4.08. The quantitative estimate of drug-likeness (QED) is 0.568. The maximum absolute atomic E-state index is 13.1. The standard InChI is InChI=1S/C13H20FN3O/c1-4-9(2)17-13(15-3)16-8-10-5-6-12(18)11(14)7-10/h5-7,9,18H,4,8H2,1-3H3,(H2,15,16,17). The molecule has 0 aliphatic carbocycles. The second kappa shape index (κ2) is 6.83. The smallest absolute Gasteiger partial charge is 0.191 e. The van der Waals surface area contributed by atoms with E-state index in [0.717, 1.165) is 12.0 Å². The number of aromatic hydroxyl groups is 1. The Bertz CT molecular complexity index is 421. The van der Waals surface area contributed by atoms with Gasteiger partial charge in [-0.3, -0.25) is 4.99 Å². The van der Waals surface area contributed by atoms with Crippen molar-refractivity contribution >= 4 is 5.96 Å². The van der Waals surface area contributed by atoms with Gasteiger partial charge < -0.3 is 15.7 Å². The van der Waals surface area contributed by atoms with Crippen LogP contribution in [0.2, 0.25) is 0 Å². The van der Waals surface area contributed by atoms with Crippen LogP contribution in [0.1, 0.15) is 25.8 Å². The zero-order chi connectivity index (χ0) is 13.5. The number of nitrogens with zero attached hydrogens (tertiary/aromatic N) is 1. The van der Waals surface area contributed by atoms with Crippen LogP contribution < -0.4 is 10.6 Å². The fourth-order valence-corrected chi connectivity index (χ4v) is 1.38. The molecule has 0 fully saturated rings. The Hall–Kier alpha value is -1.78. The number of halogens is 1. The molecular weight excluding hydrogens is 233 g/mol. The van der Waals surface area contributed by atoms with E-state index in [1.54, 1.807) is 13.1 Å². The predicted molar refractivity (Wildman–Crippen MR) is 71.2 cm³/mol. The van der Waals surface area contributed by atoms with Gasteiger partial charge in [0.25, 0.3) is 0 Å². The summed E-state index contributed by atoms with van der Waals surface area (Å²) in [5.41, 5.74) is 0.748. The molecule has 0 spiro atoms. The van der Waals surface area contributed by atoms with Crippen molar-refractivity contribution in [2.24, 2.45) is 4.99 Å². The molecule has 4 nitrogen and oxygen atoms in total. The number of rotatable bonds is 4. The minimum Gasteiger partial charge on any atom is -0.505 e. The van der Waals surface area contributed by atoms with E-state index in [2.05, 4.69) is 29.5 Å². The largest absolute Gasteiger partial charge is 0.505 e. The molecule has 3 N–H and O–H groups in total. The molecule has 1 rings (SSSR count). The molecule has 0 aromatic heterocycles. The average molecular weight is 253 g/mol. The first kappa shape index (κ1) is 14.3. The highest BCUT2D eigenvalue weighted by molar-refractivity contribution is 5.79. The number of nitrogens with one attached hydrogen (secondary N) is 2. The lowest BCUT2D eigenvalue weighted by Gasteiger charge is -2.16. The number of benzene rings is 1. The van der Waals surface area contributed by atoms with Gasteiger partial charge in [-0.05, 0) is 31.0 Å². The molecule has 18 heavy (non-hydrogen) atoms. The molecule has 0 amide bonds. The molecule has 0 radical (unpaired) electrons. The fourth-order valence-electron chi connectivity index (χ4n) is 1.38. The number of hydrogen-bond donors (Lipinski definition) is 3. The summed E-state index contributed by atoms with van der Waals surface area (Å²) < 4.78 is 13.1. The van der Waals surface area contributed by atoms with Gasteiger partial charge in [0, 0.05) is 19.6 Å². The first-order valence-electron chi connectivity index (χ1n) is 6.01. The van der Waals surface area contributed by atoms with E-state index in [1.807, 2.05) is 0 Å². The SMILES string of the molecule is CCC(C)NC(=NC)NCc1ccc(O)c(F)c1. The first-order chi connectivity index (χ1) is 8.56. The van der Waals surface area contributed by atoms with Crippen molar-refractivity contribution in [3.8, 4) is 5.75 Å². The molecule has 100 valence electrons. The van der Waals surface area contributed by atoms with Crippen LogP contribution >= 0.6 is 0 Å². The Kier molecular flexibility index (Phi) is 5.42. The average Bonchev–Trinajstić information content (AvgIpc) is 2.38. The molecule has 1 atom stereocenters. The molecule has 0 saturated heterocycles. The van der Waals surface area contributed by atoms with Gasteiger partial charge in [-0.2, -0.15) is 0 Å². The van der Waals surface area contributed by atoms with E-state index in [1.165, 1.54) is 12.1 Å². The van der Waals surface area contributed by atoms with Gasteiger partial charge in [0.2, 0.25) is 0 Å². The van der Waals surface area contributed by atoms with Crippen LogP contribution in [-0.2, 0) is 6.54 Å². The Morgan fingerprint density at radius 3 is 2.78 bits per heavy atom. The topological polar surface area (TPSA) is 56.7 Å². The summed E-state index contributed by atoms with van der Waals surface area (Å²) in [6.07, 6.45) is 0.995. The van der Waals surface area contributed by atoms with Gasteiger partial charge in [-0.1, -0.05) is 13.0 Å². The molecule has 0 aliphatic heterocycles. The molecular formula is C13H20FN3O. The summed E-state index contributed by atoms with van der Waals surface area (Å²) in [7, 11) is 1.69. The normalized spacial score (nSPS) is 13.2. The van der Waals surface area contributed by atoms with Gasteiger partial charge >= 0.3 is 0 Å². The van der Waals surface area contributed by atoms with E-state index in [4.69, 9.17) is 5.11 Å². The Labute approximate surface area is 107 Å². The number of phenolic OH excluding ortho intramolecular Hbond substituents is 1. The lowest BCUT2D eigenvalue weighted by atomic mass is 10.2. The maximum atomic E-state index is 13.1.